The summed E-state index contributed by atoms with van der Waals surface area (Å²) in [7, 11) is 0. The maximum atomic E-state index is 9.47. The lowest BCUT2D eigenvalue weighted by Crippen LogP contribution is -2.21. The highest BCUT2D eigenvalue weighted by molar-refractivity contribution is 4.87. The highest BCUT2D eigenvalue weighted by atomic mass is 16.3. The fourth-order valence-electron chi connectivity index (χ4n) is 1.02. The molecule has 0 aliphatic heterocycles. The Hall–Kier alpha value is -0.300. The zero-order chi connectivity index (χ0) is 8.15. The van der Waals surface area contributed by atoms with Crippen molar-refractivity contribution in [2.75, 3.05) is 0 Å². The molecule has 0 rings (SSSR count). The summed E-state index contributed by atoms with van der Waals surface area (Å²) in [4.78, 5) is 0. The van der Waals surface area contributed by atoms with Gasteiger partial charge in [0, 0.05) is 5.92 Å². The molecule has 0 amide bonds. The van der Waals surface area contributed by atoms with Gasteiger partial charge in [-0.3, -0.25) is 0 Å². The van der Waals surface area contributed by atoms with E-state index >= 15 is 0 Å². The van der Waals surface area contributed by atoms with Crippen LogP contribution in [0.3, 0.4) is 0 Å². The van der Waals surface area contributed by atoms with Gasteiger partial charge in [-0.15, -0.1) is 0 Å². The van der Waals surface area contributed by atoms with Crippen LogP contribution >= 0.6 is 0 Å². The van der Waals surface area contributed by atoms with Crippen molar-refractivity contribution in [3.8, 4) is 0 Å². The van der Waals surface area contributed by atoms with Gasteiger partial charge in [-0.25, -0.2) is 0 Å². The number of aliphatic hydroxyl groups is 1. The molecule has 0 heterocycles. The number of hydrogen-bond acceptors (Lipinski definition) is 1. The first-order valence-electron chi connectivity index (χ1n) is 3.90. The highest BCUT2D eigenvalue weighted by Crippen LogP contribution is 2.12. The molecule has 1 heteroatoms. The van der Waals surface area contributed by atoms with Gasteiger partial charge in [-0.1, -0.05) is 32.9 Å². The standard InChI is InChI=1S/C9H18O/c1-5-6-8(4)9(10)7(2)3/h5-10H,1-4H3/t8-,9+/m1/s1. The molecule has 0 spiro atoms. The van der Waals surface area contributed by atoms with Gasteiger partial charge in [0.15, 0.2) is 0 Å². The van der Waals surface area contributed by atoms with E-state index < -0.39 is 0 Å². The molecule has 10 heavy (non-hydrogen) atoms. The fraction of sp³-hybridized carbons (Fsp3) is 0.778. The lowest BCUT2D eigenvalue weighted by Gasteiger charge is -2.18. The molecule has 1 nitrogen and oxygen atoms in total. The molecule has 0 saturated carbocycles. The van der Waals surface area contributed by atoms with Crippen LogP contribution in [-0.2, 0) is 0 Å². The van der Waals surface area contributed by atoms with Crippen LogP contribution in [0.15, 0.2) is 12.2 Å². The van der Waals surface area contributed by atoms with Crippen LogP contribution in [0.2, 0.25) is 0 Å². The normalized spacial score (nSPS) is 18.2. The number of aliphatic hydroxyl groups excluding tert-OH is 1. The fourth-order valence-corrected chi connectivity index (χ4v) is 1.02. The van der Waals surface area contributed by atoms with Crippen LogP contribution in [0, 0.1) is 11.8 Å². The SMILES string of the molecule is CC=C[C@@H](C)[C@@H](O)C(C)C. The molecule has 1 N–H and O–H groups in total. The third-order valence-corrected chi connectivity index (χ3v) is 1.72. The lowest BCUT2D eigenvalue weighted by molar-refractivity contribution is 0.0911. The third kappa shape index (κ3) is 3.02. The molecule has 0 unspecified atom stereocenters. The van der Waals surface area contributed by atoms with E-state index in [-0.39, 0.29) is 12.0 Å². The Balaban J connectivity index is 3.81. The summed E-state index contributed by atoms with van der Waals surface area (Å²) in [6, 6.07) is 0. The van der Waals surface area contributed by atoms with Crippen molar-refractivity contribution in [3.05, 3.63) is 12.2 Å². The topological polar surface area (TPSA) is 20.2 Å². The van der Waals surface area contributed by atoms with Gasteiger partial charge in [0.2, 0.25) is 0 Å². The Morgan fingerprint density at radius 3 is 2.00 bits per heavy atom. The van der Waals surface area contributed by atoms with Gasteiger partial charge in [0.25, 0.3) is 0 Å². The van der Waals surface area contributed by atoms with Crippen molar-refractivity contribution < 1.29 is 5.11 Å². The highest BCUT2D eigenvalue weighted by Gasteiger charge is 2.14. The van der Waals surface area contributed by atoms with E-state index in [9.17, 15) is 5.11 Å². The number of allylic oxidation sites excluding steroid dienone is 1. The van der Waals surface area contributed by atoms with Gasteiger partial charge in [-0.2, -0.15) is 0 Å². The Bertz CT molecular complexity index is 105. The molecule has 0 fully saturated rings. The van der Waals surface area contributed by atoms with Crippen LogP contribution < -0.4 is 0 Å². The number of rotatable bonds is 3. The van der Waals surface area contributed by atoms with Crippen LogP contribution in [-0.4, -0.2) is 11.2 Å². The summed E-state index contributed by atoms with van der Waals surface area (Å²) in [5, 5.41) is 9.47. The molecule has 0 saturated heterocycles. The molecule has 60 valence electrons. The van der Waals surface area contributed by atoms with Gasteiger partial charge < -0.3 is 5.11 Å². The molecule has 2 atom stereocenters. The molecule has 0 aromatic rings. The second-order valence-corrected chi connectivity index (χ2v) is 3.12. The first-order chi connectivity index (χ1) is 4.59. The van der Waals surface area contributed by atoms with Crippen molar-refractivity contribution in [3.63, 3.8) is 0 Å². The molecule has 0 aliphatic carbocycles. The minimum absolute atomic E-state index is 0.198. The van der Waals surface area contributed by atoms with Crippen LogP contribution in [0.1, 0.15) is 27.7 Å². The van der Waals surface area contributed by atoms with E-state index in [0.29, 0.717) is 5.92 Å². The summed E-state index contributed by atoms with van der Waals surface area (Å²) >= 11 is 0. The van der Waals surface area contributed by atoms with Crippen molar-refractivity contribution in [2.24, 2.45) is 11.8 Å². The predicted octanol–water partition coefficient (Wildman–Crippen LogP) is 2.22. The second kappa shape index (κ2) is 4.51. The Morgan fingerprint density at radius 2 is 1.70 bits per heavy atom. The second-order valence-electron chi connectivity index (χ2n) is 3.12. The molecule has 0 aliphatic rings. The summed E-state index contributed by atoms with van der Waals surface area (Å²) < 4.78 is 0. The largest absolute Gasteiger partial charge is 0.392 e. The maximum Gasteiger partial charge on any atom is 0.0622 e. The van der Waals surface area contributed by atoms with Gasteiger partial charge >= 0.3 is 0 Å². The van der Waals surface area contributed by atoms with E-state index in [1.165, 1.54) is 0 Å². The quantitative estimate of drug-likeness (QED) is 0.599. The molecular weight excluding hydrogens is 124 g/mol. The predicted molar refractivity (Wildman–Crippen MR) is 44.8 cm³/mol. The summed E-state index contributed by atoms with van der Waals surface area (Å²) in [5.74, 6) is 0.635. The molecule has 0 radical (unpaired) electrons. The average Bonchev–Trinajstić information content (AvgIpc) is 1.87. The first-order valence-corrected chi connectivity index (χ1v) is 3.90. The monoisotopic (exact) mass is 142 g/mol. The Kier molecular flexibility index (Phi) is 4.37. The zero-order valence-electron chi connectivity index (χ0n) is 7.33. The summed E-state index contributed by atoms with van der Waals surface area (Å²) in [5.41, 5.74) is 0. The minimum atomic E-state index is -0.198. The smallest absolute Gasteiger partial charge is 0.0622 e. The Labute approximate surface area is 63.8 Å². The number of hydrogen-bond donors (Lipinski definition) is 1. The summed E-state index contributed by atoms with van der Waals surface area (Å²) in [6.07, 6.45) is 3.82. The first kappa shape index (κ1) is 9.70. The van der Waals surface area contributed by atoms with E-state index in [4.69, 9.17) is 0 Å². The molecule has 0 aromatic heterocycles. The maximum absolute atomic E-state index is 9.47. The lowest BCUT2D eigenvalue weighted by atomic mass is 9.95. The van der Waals surface area contributed by atoms with Gasteiger partial charge in [0.05, 0.1) is 6.10 Å². The van der Waals surface area contributed by atoms with Crippen molar-refractivity contribution in [1.82, 2.24) is 0 Å². The minimum Gasteiger partial charge on any atom is -0.392 e. The van der Waals surface area contributed by atoms with Gasteiger partial charge in [0.1, 0.15) is 0 Å². The van der Waals surface area contributed by atoms with Crippen LogP contribution in [0.4, 0.5) is 0 Å². The average molecular weight is 142 g/mol. The van der Waals surface area contributed by atoms with E-state index in [1.807, 2.05) is 39.8 Å². The van der Waals surface area contributed by atoms with Gasteiger partial charge in [-0.05, 0) is 12.8 Å². The van der Waals surface area contributed by atoms with Crippen molar-refractivity contribution in [1.29, 1.82) is 0 Å². The van der Waals surface area contributed by atoms with Crippen LogP contribution in [0.25, 0.3) is 0 Å². The van der Waals surface area contributed by atoms with E-state index in [1.54, 1.807) is 0 Å². The van der Waals surface area contributed by atoms with Crippen molar-refractivity contribution >= 4 is 0 Å². The molecule has 0 bridgehead atoms. The van der Waals surface area contributed by atoms with Crippen molar-refractivity contribution in [2.45, 2.75) is 33.8 Å². The molecule has 0 aromatic carbocycles. The summed E-state index contributed by atoms with van der Waals surface area (Å²) in [6.45, 7) is 8.07. The Morgan fingerprint density at radius 1 is 1.20 bits per heavy atom. The van der Waals surface area contributed by atoms with Crippen LogP contribution in [0.5, 0.6) is 0 Å². The van der Waals surface area contributed by atoms with E-state index in [2.05, 4.69) is 0 Å². The third-order valence-electron chi connectivity index (χ3n) is 1.72. The van der Waals surface area contributed by atoms with E-state index in [0.717, 1.165) is 0 Å². The zero-order valence-corrected chi connectivity index (χ0v) is 7.33. The molecular formula is C9H18O.